The fourth-order valence-electron chi connectivity index (χ4n) is 2.62. The third-order valence-electron chi connectivity index (χ3n) is 3.93. The Bertz CT molecular complexity index is 443. The molecule has 0 saturated heterocycles. The highest BCUT2D eigenvalue weighted by Crippen LogP contribution is 2.49. The zero-order valence-electron chi connectivity index (χ0n) is 10.2. The summed E-state index contributed by atoms with van der Waals surface area (Å²) in [6, 6.07) is 2.93. The van der Waals surface area contributed by atoms with Gasteiger partial charge in [0.05, 0.1) is 11.0 Å². The molecule has 0 spiro atoms. The number of nitro groups is 1. The third kappa shape index (κ3) is 2.60. The molecule has 1 aromatic rings. The molecular weight excluding hydrogens is 230 g/mol. The molecule has 3 rings (SSSR count). The van der Waals surface area contributed by atoms with Crippen LogP contribution in [0.5, 0.6) is 0 Å². The number of aromatic nitrogens is 1. The van der Waals surface area contributed by atoms with Crippen molar-refractivity contribution in [2.75, 3.05) is 11.9 Å². The van der Waals surface area contributed by atoms with E-state index in [1.54, 1.807) is 0 Å². The second-order valence-electron chi connectivity index (χ2n) is 5.38. The van der Waals surface area contributed by atoms with E-state index in [0.717, 1.165) is 24.3 Å². The molecule has 0 aliphatic heterocycles. The van der Waals surface area contributed by atoms with E-state index >= 15 is 0 Å². The van der Waals surface area contributed by atoms with Gasteiger partial charge >= 0.3 is 0 Å². The van der Waals surface area contributed by atoms with Crippen LogP contribution in [-0.4, -0.2) is 16.5 Å². The van der Waals surface area contributed by atoms with Crippen LogP contribution in [0.2, 0.25) is 0 Å². The normalized spacial score (nSPS) is 18.9. The average molecular weight is 247 g/mol. The Morgan fingerprint density at radius 2 is 2.06 bits per heavy atom. The molecular formula is C13H17N3O2. The minimum atomic E-state index is -0.383. The van der Waals surface area contributed by atoms with Crippen LogP contribution in [0.15, 0.2) is 18.3 Å². The summed E-state index contributed by atoms with van der Waals surface area (Å²) in [5, 5.41) is 13.9. The summed E-state index contributed by atoms with van der Waals surface area (Å²) in [5.74, 6) is 3.12. The fourth-order valence-corrected chi connectivity index (χ4v) is 2.62. The van der Waals surface area contributed by atoms with E-state index in [1.807, 2.05) is 0 Å². The lowest BCUT2D eigenvalue weighted by Crippen LogP contribution is -2.18. The van der Waals surface area contributed by atoms with Crippen molar-refractivity contribution >= 4 is 11.5 Å². The highest BCUT2D eigenvalue weighted by Gasteiger charge is 2.41. The largest absolute Gasteiger partial charge is 0.370 e. The van der Waals surface area contributed by atoms with Gasteiger partial charge in [0.1, 0.15) is 5.82 Å². The lowest BCUT2D eigenvalue weighted by Gasteiger charge is -2.16. The lowest BCUT2D eigenvalue weighted by atomic mass is 9.98. The summed E-state index contributed by atoms with van der Waals surface area (Å²) in [6.07, 6.45) is 6.90. The summed E-state index contributed by atoms with van der Waals surface area (Å²) < 4.78 is 0. The monoisotopic (exact) mass is 247 g/mol. The molecule has 2 aliphatic rings. The molecule has 0 unspecified atom stereocenters. The number of pyridine rings is 1. The fraction of sp³-hybridized carbons (Fsp3) is 0.615. The van der Waals surface area contributed by atoms with E-state index in [-0.39, 0.29) is 10.6 Å². The predicted octanol–water partition coefficient (Wildman–Crippen LogP) is 2.84. The molecule has 2 aliphatic carbocycles. The summed E-state index contributed by atoms with van der Waals surface area (Å²) >= 11 is 0. The van der Waals surface area contributed by atoms with E-state index in [0.29, 0.717) is 5.82 Å². The standard InChI is InChI=1S/C13H17N3O2/c17-16(18)11-5-6-14-13(7-11)15-8-12(9-1-2-9)10-3-4-10/h5-7,9-10,12H,1-4,8H2,(H,14,15). The minimum absolute atomic E-state index is 0.0990. The first kappa shape index (κ1) is 11.4. The summed E-state index contributed by atoms with van der Waals surface area (Å²) in [5.41, 5.74) is 0.0990. The molecule has 5 nitrogen and oxygen atoms in total. The maximum atomic E-state index is 10.7. The van der Waals surface area contributed by atoms with Gasteiger partial charge in [0.15, 0.2) is 0 Å². The van der Waals surface area contributed by atoms with Crippen molar-refractivity contribution in [1.82, 2.24) is 4.98 Å². The zero-order valence-corrected chi connectivity index (χ0v) is 10.2. The Hall–Kier alpha value is -1.65. The van der Waals surface area contributed by atoms with E-state index in [2.05, 4.69) is 10.3 Å². The van der Waals surface area contributed by atoms with Crippen LogP contribution in [0.1, 0.15) is 25.7 Å². The quantitative estimate of drug-likeness (QED) is 0.620. The third-order valence-corrected chi connectivity index (χ3v) is 3.93. The molecule has 0 atom stereocenters. The molecule has 0 bridgehead atoms. The topological polar surface area (TPSA) is 68.1 Å². The molecule has 0 aromatic carbocycles. The zero-order chi connectivity index (χ0) is 12.5. The lowest BCUT2D eigenvalue weighted by molar-refractivity contribution is -0.384. The predicted molar refractivity (Wildman–Crippen MR) is 68.3 cm³/mol. The van der Waals surface area contributed by atoms with Crippen molar-refractivity contribution in [3.63, 3.8) is 0 Å². The van der Waals surface area contributed by atoms with Crippen LogP contribution >= 0.6 is 0 Å². The summed E-state index contributed by atoms with van der Waals surface area (Å²) in [4.78, 5) is 14.4. The van der Waals surface area contributed by atoms with E-state index in [9.17, 15) is 10.1 Å². The molecule has 18 heavy (non-hydrogen) atoms. The van der Waals surface area contributed by atoms with Crippen LogP contribution in [0, 0.1) is 27.9 Å². The number of rotatable bonds is 6. The first-order valence-electron chi connectivity index (χ1n) is 6.58. The van der Waals surface area contributed by atoms with Crippen molar-refractivity contribution in [2.45, 2.75) is 25.7 Å². The Balaban J connectivity index is 1.61. The SMILES string of the molecule is O=[N+]([O-])c1ccnc(NCC(C2CC2)C2CC2)c1. The van der Waals surface area contributed by atoms with Gasteiger partial charge in [-0.2, -0.15) is 0 Å². The number of nitrogens with one attached hydrogen (secondary N) is 1. The molecule has 96 valence electrons. The smallest absolute Gasteiger partial charge is 0.274 e. The van der Waals surface area contributed by atoms with Gasteiger partial charge in [0.2, 0.25) is 0 Å². The van der Waals surface area contributed by atoms with E-state index < -0.39 is 0 Å². The highest BCUT2D eigenvalue weighted by molar-refractivity contribution is 5.44. The maximum absolute atomic E-state index is 10.7. The number of anilines is 1. The van der Waals surface area contributed by atoms with Crippen molar-refractivity contribution in [1.29, 1.82) is 0 Å². The Labute approximate surface area is 106 Å². The van der Waals surface area contributed by atoms with Gasteiger partial charge in [0.25, 0.3) is 5.69 Å². The second kappa shape index (κ2) is 4.55. The highest BCUT2D eigenvalue weighted by atomic mass is 16.6. The molecule has 0 amide bonds. The van der Waals surface area contributed by atoms with Crippen molar-refractivity contribution in [2.24, 2.45) is 17.8 Å². The maximum Gasteiger partial charge on any atom is 0.274 e. The molecule has 0 radical (unpaired) electrons. The molecule has 1 aromatic heterocycles. The van der Waals surface area contributed by atoms with Crippen LogP contribution in [0.4, 0.5) is 11.5 Å². The Morgan fingerprint density at radius 1 is 1.39 bits per heavy atom. The molecule has 2 fully saturated rings. The summed E-state index contributed by atoms with van der Waals surface area (Å²) in [7, 11) is 0. The van der Waals surface area contributed by atoms with Gasteiger partial charge in [0, 0.05) is 18.8 Å². The van der Waals surface area contributed by atoms with Crippen LogP contribution in [-0.2, 0) is 0 Å². The molecule has 2 saturated carbocycles. The Morgan fingerprint density at radius 3 is 2.61 bits per heavy atom. The van der Waals surface area contributed by atoms with Gasteiger partial charge in [-0.1, -0.05) is 0 Å². The molecule has 1 heterocycles. The number of hydrogen-bond donors (Lipinski definition) is 1. The first-order chi connectivity index (χ1) is 8.74. The summed E-state index contributed by atoms with van der Waals surface area (Å²) in [6.45, 7) is 0.906. The second-order valence-corrected chi connectivity index (χ2v) is 5.38. The van der Waals surface area contributed by atoms with Gasteiger partial charge in [-0.25, -0.2) is 4.98 Å². The van der Waals surface area contributed by atoms with Gasteiger partial charge < -0.3 is 5.32 Å². The minimum Gasteiger partial charge on any atom is -0.370 e. The molecule has 5 heteroatoms. The van der Waals surface area contributed by atoms with Gasteiger partial charge in [-0.15, -0.1) is 0 Å². The van der Waals surface area contributed by atoms with Crippen molar-refractivity contribution in [3.8, 4) is 0 Å². The average Bonchev–Trinajstić information content (AvgIpc) is 3.23. The molecule has 1 N–H and O–H groups in total. The van der Waals surface area contributed by atoms with E-state index in [1.165, 1.54) is 44.0 Å². The number of hydrogen-bond acceptors (Lipinski definition) is 4. The first-order valence-corrected chi connectivity index (χ1v) is 6.58. The van der Waals surface area contributed by atoms with Crippen molar-refractivity contribution < 1.29 is 4.92 Å². The van der Waals surface area contributed by atoms with Crippen LogP contribution in [0.25, 0.3) is 0 Å². The van der Waals surface area contributed by atoms with Crippen LogP contribution in [0.3, 0.4) is 0 Å². The Kier molecular flexibility index (Phi) is 2.89. The van der Waals surface area contributed by atoms with E-state index in [4.69, 9.17) is 0 Å². The van der Waals surface area contributed by atoms with Gasteiger partial charge in [-0.3, -0.25) is 10.1 Å². The van der Waals surface area contributed by atoms with Crippen molar-refractivity contribution in [3.05, 3.63) is 28.4 Å². The van der Waals surface area contributed by atoms with Gasteiger partial charge in [-0.05, 0) is 43.4 Å². The van der Waals surface area contributed by atoms with Crippen LogP contribution < -0.4 is 5.32 Å². The number of nitrogens with zero attached hydrogens (tertiary/aromatic N) is 2.